The van der Waals surface area contributed by atoms with Gasteiger partial charge in [-0.05, 0) is 18.9 Å². The van der Waals surface area contributed by atoms with Crippen molar-refractivity contribution in [1.29, 1.82) is 0 Å². The minimum absolute atomic E-state index is 0.0900. The van der Waals surface area contributed by atoms with Crippen LogP contribution in [-0.4, -0.2) is 15.8 Å². The lowest BCUT2D eigenvalue weighted by Gasteiger charge is -2.17. The zero-order valence-corrected chi connectivity index (χ0v) is 9.11. The predicted molar refractivity (Wildman–Crippen MR) is 57.4 cm³/mol. The van der Waals surface area contributed by atoms with Crippen LogP contribution in [0.5, 0.6) is 0 Å². The van der Waals surface area contributed by atoms with Crippen molar-refractivity contribution in [1.82, 2.24) is 9.78 Å². The average Bonchev–Trinajstić information content (AvgIpc) is 2.11. The van der Waals surface area contributed by atoms with Crippen molar-refractivity contribution in [2.24, 2.45) is 13.0 Å². The fourth-order valence-corrected chi connectivity index (χ4v) is 0.979. The molecule has 0 aromatic carbocycles. The second kappa shape index (κ2) is 4.26. The molecule has 1 N–H and O–H groups in total. The van der Waals surface area contributed by atoms with Crippen molar-refractivity contribution < 1.29 is 0 Å². The van der Waals surface area contributed by atoms with Gasteiger partial charge in [-0.1, -0.05) is 13.8 Å². The van der Waals surface area contributed by atoms with Crippen LogP contribution in [0.15, 0.2) is 16.9 Å². The van der Waals surface area contributed by atoms with E-state index in [-0.39, 0.29) is 5.56 Å². The number of nitrogens with zero attached hydrogens (tertiary/aromatic N) is 2. The van der Waals surface area contributed by atoms with Crippen molar-refractivity contribution in [2.75, 3.05) is 5.32 Å². The lowest BCUT2D eigenvalue weighted by Crippen LogP contribution is -2.25. The minimum Gasteiger partial charge on any atom is -0.366 e. The van der Waals surface area contributed by atoms with Crippen LogP contribution in [0.25, 0.3) is 0 Å². The predicted octanol–water partition coefficient (Wildman–Crippen LogP) is 1.24. The van der Waals surface area contributed by atoms with Crippen LogP contribution >= 0.6 is 0 Å². The number of hydrogen-bond donors (Lipinski definition) is 1. The van der Waals surface area contributed by atoms with E-state index in [0.717, 1.165) is 5.82 Å². The van der Waals surface area contributed by atoms with E-state index in [1.165, 1.54) is 10.7 Å². The first-order chi connectivity index (χ1) is 6.50. The Balaban J connectivity index is 2.78. The van der Waals surface area contributed by atoms with Gasteiger partial charge in [0.25, 0.3) is 5.56 Å². The van der Waals surface area contributed by atoms with Crippen LogP contribution in [0, 0.1) is 5.92 Å². The first kappa shape index (κ1) is 10.8. The molecule has 4 heteroatoms. The molecule has 0 aliphatic carbocycles. The molecule has 0 radical (unpaired) electrons. The molecule has 0 amide bonds. The quantitative estimate of drug-likeness (QED) is 0.789. The van der Waals surface area contributed by atoms with E-state index in [2.05, 4.69) is 31.2 Å². The Kier molecular flexibility index (Phi) is 3.28. The summed E-state index contributed by atoms with van der Waals surface area (Å²) in [6, 6.07) is 3.57. The third-order valence-electron chi connectivity index (χ3n) is 2.34. The molecule has 78 valence electrons. The van der Waals surface area contributed by atoms with Gasteiger partial charge in [-0.3, -0.25) is 4.79 Å². The van der Waals surface area contributed by atoms with Crippen molar-refractivity contribution in [3.8, 4) is 0 Å². The number of nitrogens with one attached hydrogen (secondary N) is 1. The third-order valence-corrected chi connectivity index (χ3v) is 2.34. The van der Waals surface area contributed by atoms with Crippen molar-refractivity contribution in [3.05, 3.63) is 22.5 Å². The summed E-state index contributed by atoms with van der Waals surface area (Å²) in [6.45, 7) is 6.37. The molecule has 0 aliphatic heterocycles. The van der Waals surface area contributed by atoms with E-state index in [4.69, 9.17) is 0 Å². The summed E-state index contributed by atoms with van der Waals surface area (Å²) in [7, 11) is 1.65. The van der Waals surface area contributed by atoms with Gasteiger partial charge >= 0.3 is 0 Å². The number of hydrogen-bond acceptors (Lipinski definition) is 3. The largest absolute Gasteiger partial charge is 0.366 e. The number of aryl methyl sites for hydroxylation is 1. The highest BCUT2D eigenvalue weighted by atomic mass is 16.1. The molecule has 14 heavy (non-hydrogen) atoms. The van der Waals surface area contributed by atoms with Gasteiger partial charge in [-0.2, -0.15) is 5.10 Å². The summed E-state index contributed by atoms with van der Waals surface area (Å²) in [5, 5.41) is 7.33. The summed E-state index contributed by atoms with van der Waals surface area (Å²) in [5.41, 5.74) is -0.0900. The maximum absolute atomic E-state index is 11.1. The van der Waals surface area contributed by atoms with Gasteiger partial charge in [-0.25, -0.2) is 4.68 Å². The molecule has 0 saturated carbocycles. The highest BCUT2D eigenvalue weighted by Crippen LogP contribution is 2.07. The van der Waals surface area contributed by atoms with Crippen molar-refractivity contribution in [3.63, 3.8) is 0 Å². The van der Waals surface area contributed by atoms with Gasteiger partial charge in [0.05, 0.1) is 0 Å². The Labute approximate surface area is 84.0 Å². The molecule has 1 heterocycles. The molecular weight excluding hydrogens is 178 g/mol. The zero-order chi connectivity index (χ0) is 10.7. The van der Waals surface area contributed by atoms with Crippen LogP contribution in [0.3, 0.4) is 0 Å². The topological polar surface area (TPSA) is 46.9 Å². The lowest BCUT2D eigenvalue weighted by atomic mass is 10.1. The van der Waals surface area contributed by atoms with Crippen molar-refractivity contribution in [2.45, 2.75) is 26.8 Å². The standard InChI is InChI=1S/C10H17N3O/c1-7(2)8(3)11-9-5-6-10(14)13(4)12-9/h5-8H,1-4H3,(H,11,12). The summed E-state index contributed by atoms with van der Waals surface area (Å²) < 4.78 is 1.33. The zero-order valence-electron chi connectivity index (χ0n) is 9.11. The fraction of sp³-hybridized carbons (Fsp3) is 0.600. The van der Waals surface area contributed by atoms with Crippen molar-refractivity contribution >= 4 is 5.82 Å². The first-order valence-electron chi connectivity index (χ1n) is 4.81. The Morgan fingerprint density at radius 3 is 2.50 bits per heavy atom. The van der Waals surface area contributed by atoms with Gasteiger partial charge < -0.3 is 5.32 Å². The Morgan fingerprint density at radius 2 is 2.00 bits per heavy atom. The van der Waals surface area contributed by atoms with E-state index < -0.39 is 0 Å². The Bertz CT molecular complexity index is 357. The molecule has 1 atom stereocenters. The number of aromatic nitrogens is 2. The van der Waals surface area contributed by atoms with E-state index in [1.54, 1.807) is 13.1 Å². The highest BCUT2D eigenvalue weighted by molar-refractivity contribution is 5.32. The molecule has 0 fully saturated rings. The van der Waals surface area contributed by atoms with E-state index in [1.807, 2.05) is 0 Å². The summed E-state index contributed by atoms with van der Waals surface area (Å²) >= 11 is 0. The van der Waals surface area contributed by atoms with Gasteiger partial charge in [0, 0.05) is 19.2 Å². The van der Waals surface area contributed by atoms with Crippen LogP contribution in [-0.2, 0) is 7.05 Å². The van der Waals surface area contributed by atoms with Gasteiger partial charge in [0.15, 0.2) is 0 Å². The maximum Gasteiger partial charge on any atom is 0.266 e. The maximum atomic E-state index is 11.1. The first-order valence-corrected chi connectivity index (χ1v) is 4.81. The van der Waals surface area contributed by atoms with Gasteiger partial charge in [-0.15, -0.1) is 0 Å². The Hall–Kier alpha value is -1.32. The smallest absolute Gasteiger partial charge is 0.266 e. The van der Waals surface area contributed by atoms with E-state index >= 15 is 0 Å². The highest BCUT2D eigenvalue weighted by Gasteiger charge is 2.07. The van der Waals surface area contributed by atoms with E-state index in [0.29, 0.717) is 12.0 Å². The monoisotopic (exact) mass is 195 g/mol. The Morgan fingerprint density at radius 1 is 1.36 bits per heavy atom. The summed E-state index contributed by atoms with van der Waals surface area (Å²) in [4.78, 5) is 11.1. The molecule has 0 aliphatic rings. The molecule has 1 aromatic heterocycles. The lowest BCUT2D eigenvalue weighted by molar-refractivity contribution is 0.554. The molecule has 1 unspecified atom stereocenters. The fourth-order valence-electron chi connectivity index (χ4n) is 0.979. The SMILES string of the molecule is CC(C)C(C)Nc1ccc(=O)n(C)n1. The van der Waals surface area contributed by atoms with Gasteiger partial charge in [0.1, 0.15) is 5.82 Å². The molecule has 1 aromatic rings. The van der Waals surface area contributed by atoms with Gasteiger partial charge in [0.2, 0.25) is 0 Å². The normalized spacial score (nSPS) is 12.9. The number of rotatable bonds is 3. The van der Waals surface area contributed by atoms with Crippen LogP contribution in [0.4, 0.5) is 5.82 Å². The summed E-state index contributed by atoms with van der Waals surface area (Å²) in [5.74, 6) is 1.28. The molecule has 4 nitrogen and oxygen atoms in total. The van der Waals surface area contributed by atoms with Crippen LogP contribution in [0.2, 0.25) is 0 Å². The van der Waals surface area contributed by atoms with Crippen LogP contribution < -0.4 is 10.9 Å². The van der Waals surface area contributed by atoms with Crippen LogP contribution in [0.1, 0.15) is 20.8 Å². The second-order valence-electron chi connectivity index (χ2n) is 3.86. The van der Waals surface area contributed by atoms with E-state index in [9.17, 15) is 4.79 Å². The molecule has 0 spiro atoms. The second-order valence-corrected chi connectivity index (χ2v) is 3.86. The number of anilines is 1. The average molecular weight is 195 g/mol. The minimum atomic E-state index is -0.0900. The summed E-state index contributed by atoms with van der Waals surface area (Å²) in [6.07, 6.45) is 0. The molecular formula is C10H17N3O. The molecule has 1 rings (SSSR count). The third kappa shape index (κ3) is 2.58. The molecule has 0 saturated heterocycles. The molecule has 0 bridgehead atoms.